The number of sulfone groups is 1. The van der Waals surface area contributed by atoms with E-state index in [1.807, 2.05) is 6.07 Å². The predicted octanol–water partition coefficient (Wildman–Crippen LogP) is 2.49. The first-order valence-corrected chi connectivity index (χ1v) is 8.75. The van der Waals surface area contributed by atoms with Gasteiger partial charge in [0, 0.05) is 5.92 Å². The molecule has 1 aliphatic heterocycles. The van der Waals surface area contributed by atoms with E-state index in [1.54, 1.807) is 42.5 Å². The van der Waals surface area contributed by atoms with E-state index in [0.29, 0.717) is 11.5 Å². The van der Waals surface area contributed by atoms with Crippen molar-refractivity contribution in [2.24, 2.45) is 5.92 Å². The van der Waals surface area contributed by atoms with Crippen LogP contribution >= 0.6 is 0 Å². The number of rotatable bonds is 3. The van der Waals surface area contributed by atoms with Crippen molar-refractivity contribution in [3.63, 3.8) is 0 Å². The van der Waals surface area contributed by atoms with Crippen molar-refractivity contribution in [2.75, 3.05) is 6.79 Å². The Hall–Kier alpha value is -2.52. The minimum Gasteiger partial charge on any atom is -0.454 e. The fourth-order valence-electron chi connectivity index (χ4n) is 3.11. The maximum absolute atomic E-state index is 12.8. The minimum absolute atomic E-state index is 0.164. The van der Waals surface area contributed by atoms with Gasteiger partial charge in [0.05, 0.1) is 22.1 Å². The van der Waals surface area contributed by atoms with Crippen LogP contribution in [0.25, 0.3) is 0 Å². The lowest BCUT2D eigenvalue weighted by Gasteiger charge is -2.04. The van der Waals surface area contributed by atoms with Crippen molar-refractivity contribution in [1.82, 2.24) is 0 Å². The van der Waals surface area contributed by atoms with E-state index in [0.717, 1.165) is 5.56 Å². The quantitative estimate of drug-likeness (QED) is 0.865. The van der Waals surface area contributed by atoms with Crippen molar-refractivity contribution < 1.29 is 17.9 Å². The summed E-state index contributed by atoms with van der Waals surface area (Å²) in [6, 6.07) is 15.8. The summed E-state index contributed by atoms with van der Waals surface area (Å²) < 4.78 is 36.1. The number of benzene rings is 2. The third-order valence-corrected chi connectivity index (χ3v) is 6.55. The lowest BCUT2D eigenvalue weighted by Crippen LogP contribution is -2.10. The Labute approximate surface area is 134 Å². The summed E-state index contributed by atoms with van der Waals surface area (Å²) in [7, 11) is -3.53. The van der Waals surface area contributed by atoms with Gasteiger partial charge in [0.2, 0.25) is 6.79 Å². The molecule has 0 amide bonds. The van der Waals surface area contributed by atoms with Gasteiger partial charge in [-0.15, -0.1) is 0 Å². The number of nitriles is 1. The minimum atomic E-state index is -3.53. The Balaban J connectivity index is 1.70. The fourth-order valence-corrected chi connectivity index (χ4v) is 5.20. The van der Waals surface area contributed by atoms with Crippen LogP contribution in [0.2, 0.25) is 0 Å². The van der Waals surface area contributed by atoms with Gasteiger partial charge in [0.25, 0.3) is 0 Å². The zero-order valence-corrected chi connectivity index (χ0v) is 12.9. The highest BCUT2D eigenvalue weighted by molar-refractivity contribution is 7.92. The second-order valence-corrected chi connectivity index (χ2v) is 7.72. The first-order valence-electron chi connectivity index (χ1n) is 7.21. The second-order valence-electron chi connectivity index (χ2n) is 5.62. The van der Waals surface area contributed by atoms with Crippen LogP contribution in [0, 0.1) is 17.2 Å². The number of ether oxygens (including phenoxy) is 2. The molecule has 4 rings (SSSR count). The number of nitrogens with zero attached hydrogens (tertiary/aromatic N) is 1. The normalized spacial score (nSPS) is 24.9. The standard InChI is InChI=1S/C17H13NO4S/c18-9-13-16(11-6-7-14-15(8-11)22-10-21-14)17(13)23(19,20)12-4-2-1-3-5-12/h1-8,13,16-17H,10H2/t13-,16-,17-/m1/s1. The van der Waals surface area contributed by atoms with Crippen LogP contribution in [0.5, 0.6) is 11.5 Å². The Kier molecular flexibility index (Phi) is 3.06. The van der Waals surface area contributed by atoms with Gasteiger partial charge in [-0.2, -0.15) is 5.26 Å². The van der Waals surface area contributed by atoms with E-state index < -0.39 is 21.0 Å². The van der Waals surface area contributed by atoms with Gasteiger partial charge < -0.3 is 9.47 Å². The lowest BCUT2D eigenvalue weighted by molar-refractivity contribution is 0.174. The third-order valence-electron chi connectivity index (χ3n) is 4.31. The zero-order chi connectivity index (χ0) is 16.0. The van der Waals surface area contributed by atoms with Gasteiger partial charge in [-0.3, -0.25) is 0 Å². The Morgan fingerprint density at radius 2 is 1.78 bits per heavy atom. The SMILES string of the molecule is N#C[C@@H]1[C@@H](c2ccc3c(c2)OCO3)[C@@H]1S(=O)(=O)c1ccccc1. The topological polar surface area (TPSA) is 76.4 Å². The van der Waals surface area contributed by atoms with Gasteiger partial charge >= 0.3 is 0 Å². The molecule has 2 aliphatic rings. The third kappa shape index (κ3) is 2.16. The van der Waals surface area contributed by atoms with E-state index >= 15 is 0 Å². The molecule has 0 bridgehead atoms. The maximum Gasteiger partial charge on any atom is 0.231 e. The molecule has 3 atom stereocenters. The van der Waals surface area contributed by atoms with E-state index in [9.17, 15) is 13.7 Å². The van der Waals surface area contributed by atoms with E-state index in [4.69, 9.17) is 9.47 Å². The summed E-state index contributed by atoms with van der Waals surface area (Å²) in [5.41, 5.74) is 0.797. The average Bonchev–Trinajstić information content (AvgIpc) is 3.15. The molecule has 2 aromatic carbocycles. The summed E-state index contributed by atoms with van der Waals surface area (Å²) >= 11 is 0. The molecule has 0 radical (unpaired) electrons. The van der Waals surface area contributed by atoms with Gasteiger partial charge in [-0.05, 0) is 29.8 Å². The van der Waals surface area contributed by atoms with Crippen LogP contribution in [0.4, 0.5) is 0 Å². The van der Waals surface area contributed by atoms with Crippen molar-refractivity contribution >= 4 is 9.84 Å². The van der Waals surface area contributed by atoms with E-state index in [1.165, 1.54) is 0 Å². The van der Waals surface area contributed by atoms with Gasteiger partial charge in [0.15, 0.2) is 21.3 Å². The summed E-state index contributed by atoms with van der Waals surface area (Å²) in [5.74, 6) is 0.368. The molecule has 1 heterocycles. The van der Waals surface area contributed by atoms with E-state index in [-0.39, 0.29) is 17.6 Å². The Morgan fingerprint density at radius 3 is 2.52 bits per heavy atom. The molecule has 1 aliphatic carbocycles. The van der Waals surface area contributed by atoms with E-state index in [2.05, 4.69) is 6.07 Å². The smallest absolute Gasteiger partial charge is 0.231 e. The molecule has 0 unspecified atom stereocenters. The zero-order valence-electron chi connectivity index (χ0n) is 12.0. The lowest BCUT2D eigenvalue weighted by atomic mass is 10.1. The largest absolute Gasteiger partial charge is 0.454 e. The first kappa shape index (κ1) is 14.1. The molecular formula is C17H13NO4S. The van der Waals surface area contributed by atoms with Crippen LogP contribution in [-0.2, 0) is 9.84 Å². The van der Waals surface area contributed by atoms with Crippen molar-refractivity contribution in [1.29, 1.82) is 5.26 Å². The van der Waals surface area contributed by atoms with Crippen LogP contribution in [0.15, 0.2) is 53.4 Å². The molecule has 1 saturated carbocycles. The molecule has 0 spiro atoms. The van der Waals surface area contributed by atoms with Gasteiger partial charge in [-0.25, -0.2) is 8.42 Å². The maximum atomic E-state index is 12.8. The van der Waals surface area contributed by atoms with Crippen LogP contribution in [-0.4, -0.2) is 20.5 Å². The summed E-state index contributed by atoms with van der Waals surface area (Å²) in [4.78, 5) is 0.258. The molecule has 23 heavy (non-hydrogen) atoms. The number of fused-ring (bicyclic) bond motifs is 1. The van der Waals surface area contributed by atoms with Crippen molar-refractivity contribution in [3.8, 4) is 17.6 Å². The van der Waals surface area contributed by atoms with Gasteiger partial charge in [-0.1, -0.05) is 24.3 Å². The molecule has 0 aromatic heterocycles. The monoisotopic (exact) mass is 327 g/mol. The molecule has 1 fully saturated rings. The van der Waals surface area contributed by atoms with Crippen LogP contribution in [0.1, 0.15) is 11.5 Å². The van der Waals surface area contributed by atoms with Crippen molar-refractivity contribution in [3.05, 3.63) is 54.1 Å². The fraction of sp³-hybridized carbons (Fsp3) is 0.235. The second kappa shape index (κ2) is 5.00. The molecule has 0 saturated heterocycles. The van der Waals surface area contributed by atoms with Crippen LogP contribution < -0.4 is 9.47 Å². The van der Waals surface area contributed by atoms with Gasteiger partial charge in [0.1, 0.15) is 0 Å². The molecule has 0 N–H and O–H groups in total. The highest BCUT2D eigenvalue weighted by atomic mass is 32.2. The predicted molar refractivity (Wildman–Crippen MR) is 81.8 cm³/mol. The van der Waals surface area contributed by atoms with Crippen LogP contribution in [0.3, 0.4) is 0 Å². The highest BCUT2D eigenvalue weighted by Gasteiger charge is 2.59. The Bertz CT molecular complexity index is 902. The average molecular weight is 327 g/mol. The molecular weight excluding hydrogens is 314 g/mol. The summed E-state index contributed by atoms with van der Waals surface area (Å²) in [6.07, 6.45) is 0. The molecule has 6 heteroatoms. The Morgan fingerprint density at radius 1 is 1.04 bits per heavy atom. The summed E-state index contributed by atoms with van der Waals surface area (Å²) in [5, 5.41) is 8.63. The number of hydrogen-bond acceptors (Lipinski definition) is 5. The molecule has 5 nitrogen and oxygen atoms in total. The molecule has 116 valence electrons. The number of hydrogen-bond donors (Lipinski definition) is 0. The molecule has 2 aromatic rings. The summed E-state index contributed by atoms with van der Waals surface area (Å²) in [6.45, 7) is 0.164. The highest BCUT2D eigenvalue weighted by Crippen LogP contribution is 2.54. The van der Waals surface area contributed by atoms with Crippen molar-refractivity contribution in [2.45, 2.75) is 16.1 Å². The first-order chi connectivity index (χ1) is 11.1.